The van der Waals surface area contributed by atoms with Gasteiger partial charge in [-0.2, -0.15) is 15.0 Å². The van der Waals surface area contributed by atoms with E-state index >= 15 is 0 Å². The summed E-state index contributed by atoms with van der Waals surface area (Å²) in [5.74, 6) is 0.966. The van der Waals surface area contributed by atoms with Crippen LogP contribution in [-0.2, 0) is 7.05 Å². The molecule has 0 bridgehead atoms. The van der Waals surface area contributed by atoms with E-state index in [9.17, 15) is 0 Å². The van der Waals surface area contributed by atoms with Gasteiger partial charge >= 0.3 is 0 Å². The van der Waals surface area contributed by atoms with Crippen molar-refractivity contribution in [1.82, 2.24) is 24.5 Å². The molecule has 0 fully saturated rings. The van der Waals surface area contributed by atoms with Gasteiger partial charge in [0.2, 0.25) is 0 Å². The second-order valence-corrected chi connectivity index (χ2v) is 4.03. The fraction of sp³-hybridized carbons (Fsp3) is 0.400. The molecule has 88 valence electrons. The third kappa shape index (κ3) is 1.73. The Morgan fingerprint density at radius 3 is 2.59 bits per heavy atom. The number of anilines is 1. The van der Waals surface area contributed by atoms with Crippen LogP contribution in [0, 0.1) is 11.3 Å². The summed E-state index contributed by atoms with van der Waals surface area (Å²) in [6.07, 6.45) is 1.45. The minimum Gasteiger partial charge on any atom is -0.394 e. The second-order valence-electron chi connectivity index (χ2n) is 4.03. The maximum atomic E-state index is 8.69. The Labute approximate surface area is 98.5 Å². The summed E-state index contributed by atoms with van der Waals surface area (Å²) in [6, 6.07) is 1.87. The van der Waals surface area contributed by atoms with Crippen molar-refractivity contribution in [2.45, 2.75) is 19.8 Å². The van der Waals surface area contributed by atoms with Crippen molar-refractivity contribution in [3.63, 3.8) is 0 Å². The zero-order chi connectivity index (χ0) is 12.6. The van der Waals surface area contributed by atoms with Crippen LogP contribution in [0.5, 0.6) is 0 Å². The maximum absolute atomic E-state index is 8.69. The molecule has 0 radical (unpaired) electrons. The molecule has 2 N–H and O–H groups in total. The van der Waals surface area contributed by atoms with Crippen molar-refractivity contribution in [3.8, 4) is 11.9 Å². The Morgan fingerprint density at radius 2 is 2.12 bits per heavy atom. The van der Waals surface area contributed by atoms with Gasteiger partial charge in [0.05, 0.1) is 5.69 Å². The fourth-order valence-electron chi connectivity index (χ4n) is 1.67. The molecule has 0 saturated heterocycles. The van der Waals surface area contributed by atoms with Gasteiger partial charge in [-0.05, 0) is 5.92 Å². The van der Waals surface area contributed by atoms with Gasteiger partial charge in [0.25, 0.3) is 5.82 Å². The average molecular weight is 231 g/mol. The molecule has 0 saturated carbocycles. The predicted octanol–water partition coefficient (Wildman–Crippen LogP) is 0.578. The zero-order valence-corrected chi connectivity index (χ0v) is 9.92. The number of hydrogen-bond acceptors (Lipinski definition) is 5. The van der Waals surface area contributed by atoms with Crippen LogP contribution < -0.4 is 5.73 Å². The highest BCUT2D eigenvalue weighted by molar-refractivity contribution is 5.58. The summed E-state index contributed by atoms with van der Waals surface area (Å²) < 4.78 is 3.10. The molecule has 0 aliphatic heterocycles. The normalized spacial score (nSPS) is 10.8. The van der Waals surface area contributed by atoms with Crippen molar-refractivity contribution >= 4 is 5.69 Å². The first-order valence-corrected chi connectivity index (χ1v) is 5.19. The highest BCUT2D eigenvalue weighted by atomic mass is 15.4. The Kier molecular flexibility index (Phi) is 2.55. The number of aryl methyl sites for hydroxylation is 1. The second kappa shape index (κ2) is 3.90. The molecule has 0 aliphatic rings. The van der Waals surface area contributed by atoms with Gasteiger partial charge in [-0.15, -0.1) is 5.10 Å². The van der Waals surface area contributed by atoms with Crippen molar-refractivity contribution in [3.05, 3.63) is 17.8 Å². The number of nitrogens with two attached hydrogens (primary N) is 1. The predicted molar refractivity (Wildman–Crippen MR) is 61.3 cm³/mol. The Balaban J connectivity index is 2.56. The number of hydrogen-bond donors (Lipinski definition) is 1. The van der Waals surface area contributed by atoms with E-state index in [-0.39, 0.29) is 11.7 Å². The first-order valence-electron chi connectivity index (χ1n) is 5.19. The topological polar surface area (TPSA) is 98.3 Å². The van der Waals surface area contributed by atoms with E-state index in [1.54, 1.807) is 11.7 Å². The van der Waals surface area contributed by atoms with Crippen molar-refractivity contribution in [2.75, 3.05) is 5.73 Å². The maximum Gasteiger partial charge on any atom is 0.252 e. The molecule has 7 heteroatoms. The lowest BCUT2D eigenvalue weighted by Gasteiger charge is -2.02. The molecule has 2 rings (SSSR count). The number of nitrogens with zero attached hydrogens (tertiary/aromatic N) is 6. The van der Waals surface area contributed by atoms with Gasteiger partial charge < -0.3 is 5.73 Å². The van der Waals surface area contributed by atoms with E-state index in [1.165, 1.54) is 11.0 Å². The van der Waals surface area contributed by atoms with Crippen LogP contribution in [-0.4, -0.2) is 24.5 Å². The van der Waals surface area contributed by atoms with Crippen LogP contribution in [0.1, 0.15) is 31.3 Å². The smallest absolute Gasteiger partial charge is 0.252 e. The number of nitrogen functional groups attached to an aromatic ring is 1. The van der Waals surface area contributed by atoms with E-state index < -0.39 is 0 Å². The van der Waals surface area contributed by atoms with Crippen molar-refractivity contribution in [2.24, 2.45) is 7.05 Å². The zero-order valence-electron chi connectivity index (χ0n) is 9.92. The van der Waals surface area contributed by atoms with Crippen LogP contribution in [0.25, 0.3) is 5.82 Å². The largest absolute Gasteiger partial charge is 0.394 e. The van der Waals surface area contributed by atoms with E-state index in [4.69, 9.17) is 11.0 Å². The Hall–Kier alpha value is -2.36. The van der Waals surface area contributed by atoms with Crippen LogP contribution in [0.3, 0.4) is 0 Å². The van der Waals surface area contributed by atoms with Crippen LogP contribution in [0.4, 0.5) is 5.69 Å². The number of rotatable bonds is 2. The van der Waals surface area contributed by atoms with Gasteiger partial charge in [-0.3, -0.25) is 0 Å². The van der Waals surface area contributed by atoms with E-state index in [2.05, 4.69) is 15.2 Å². The van der Waals surface area contributed by atoms with Gasteiger partial charge in [0, 0.05) is 7.05 Å². The quantitative estimate of drug-likeness (QED) is 0.815. The molecule has 2 heterocycles. The number of aromatic nitrogens is 5. The summed E-state index contributed by atoms with van der Waals surface area (Å²) >= 11 is 0. The molecular weight excluding hydrogens is 218 g/mol. The first kappa shape index (κ1) is 11.1. The molecule has 7 nitrogen and oxygen atoms in total. The fourth-order valence-corrected chi connectivity index (χ4v) is 1.67. The van der Waals surface area contributed by atoms with Crippen LogP contribution in [0.15, 0.2) is 6.33 Å². The molecular formula is C10H13N7. The number of nitriles is 1. The van der Waals surface area contributed by atoms with E-state index in [1.807, 2.05) is 19.9 Å². The van der Waals surface area contributed by atoms with Gasteiger partial charge in [0.15, 0.2) is 5.82 Å². The molecule has 0 aromatic carbocycles. The lowest BCUT2D eigenvalue weighted by atomic mass is 10.1. The lowest BCUT2D eigenvalue weighted by molar-refractivity contribution is 0.675. The standard InChI is InChI=1S/C10H13N7/c1-6(2)9-8(12)10(16(3)15-9)17-5-13-7(4-11)14-17/h5-6H,12H2,1-3H3. The summed E-state index contributed by atoms with van der Waals surface area (Å²) in [6.45, 7) is 4.04. The molecule has 0 aliphatic carbocycles. The molecule has 0 atom stereocenters. The molecule has 17 heavy (non-hydrogen) atoms. The van der Waals surface area contributed by atoms with E-state index in [0.717, 1.165) is 5.69 Å². The summed E-state index contributed by atoms with van der Waals surface area (Å²) in [5.41, 5.74) is 7.42. The molecule has 0 unspecified atom stereocenters. The summed E-state index contributed by atoms with van der Waals surface area (Å²) in [5, 5.41) is 17.0. The molecule has 0 amide bonds. The van der Waals surface area contributed by atoms with Gasteiger partial charge in [-0.1, -0.05) is 13.8 Å². The Bertz CT molecular complexity index is 584. The van der Waals surface area contributed by atoms with Crippen molar-refractivity contribution in [1.29, 1.82) is 5.26 Å². The lowest BCUT2D eigenvalue weighted by Crippen LogP contribution is -2.05. The Morgan fingerprint density at radius 1 is 1.41 bits per heavy atom. The third-order valence-electron chi connectivity index (χ3n) is 2.44. The van der Waals surface area contributed by atoms with Crippen LogP contribution >= 0.6 is 0 Å². The minimum absolute atomic E-state index is 0.108. The highest BCUT2D eigenvalue weighted by Gasteiger charge is 2.18. The van der Waals surface area contributed by atoms with E-state index in [0.29, 0.717) is 11.5 Å². The SMILES string of the molecule is CC(C)c1nn(C)c(-n2cnc(C#N)n2)c1N. The first-order chi connectivity index (χ1) is 8.04. The highest BCUT2D eigenvalue weighted by Crippen LogP contribution is 2.25. The van der Waals surface area contributed by atoms with Crippen molar-refractivity contribution < 1.29 is 0 Å². The van der Waals surface area contributed by atoms with Gasteiger partial charge in [-0.25, -0.2) is 9.67 Å². The molecule has 2 aromatic heterocycles. The summed E-state index contributed by atoms with van der Waals surface area (Å²) in [4.78, 5) is 3.84. The third-order valence-corrected chi connectivity index (χ3v) is 2.44. The summed E-state index contributed by atoms with van der Waals surface area (Å²) in [7, 11) is 1.78. The monoisotopic (exact) mass is 231 g/mol. The molecule has 0 spiro atoms. The van der Waals surface area contributed by atoms with Crippen LogP contribution in [0.2, 0.25) is 0 Å². The molecule has 2 aromatic rings. The average Bonchev–Trinajstić information content (AvgIpc) is 2.83. The minimum atomic E-state index is 0.108. The van der Waals surface area contributed by atoms with Gasteiger partial charge in [0.1, 0.15) is 18.1 Å².